The van der Waals surface area contributed by atoms with Crippen LogP contribution in [0, 0.1) is 0 Å². The van der Waals surface area contributed by atoms with Crippen molar-refractivity contribution in [3.05, 3.63) is 203 Å². The van der Waals surface area contributed by atoms with Gasteiger partial charge in [0.25, 0.3) is 0 Å². The zero-order valence-electron chi connectivity index (χ0n) is 31.8. The predicted octanol–water partition coefficient (Wildman–Crippen LogP) is 8.20. The van der Waals surface area contributed by atoms with Gasteiger partial charge in [0.15, 0.2) is 25.5 Å². The van der Waals surface area contributed by atoms with Crippen molar-refractivity contribution in [3.8, 4) is 0 Å². The molecule has 10 nitrogen and oxygen atoms in total. The van der Waals surface area contributed by atoms with Crippen LogP contribution in [0.1, 0.15) is 43.0 Å². The van der Waals surface area contributed by atoms with Crippen LogP contribution in [0.3, 0.4) is 0 Å². The first-order valence-corrected chi connectivity index (χ1v) is 22.0. The van der Waals surface area contributed by atoms with Gasteiger partial charge in [-0.25, -0.2) is 21.6 Å². The van der Waals surface area contributed by atoms with Crippen LogP contribution in [0.5, 0.6) is 0 Å². The van der Waals surface area contributed by atoms with E-state index in [2.05, 4.69) is 0 Å². The maximum atomic E-state index is 12.7. The van der Waals surface area contributed by atoms with Crippen molar-refractivity contribution in [2.75, 3.05) is 6.61 Å². The van der Waals surface area contributed by atoms with Gasteiger partial charge in [-0.1, -0.05) is 103 Å². The van der Waals surface area contributed by atoms with Gasteiger partial charge in [0.1, 0.15) is 6.61 Å². The zero-order chi connectivity index (χ0) is 41.6. The van der Waals surface area contributed by atoms with Gasteiger partial charge in [-0.15, -0.1) is 0 Å². The summed E-state index contributed by atoms with van der Waals surface area (Å²) in [7, 11) is -6.83. The Morgan fingerprint density at radius 3 is 1.34 bits per heavy atom. The summed E-state index contributed by atoms with van der Waals surface area (Å²) in [5, 5.41) is 20.3. The Hall–Kier alpha value is -6.60. The van der Waals surface area contributed by atoms with Gasteiger partial charge in [-0.05, 0) is 87.6 Å². The molecule has 0 aliphatic heterocycles. The number of fused-ring (bicyclic) bond motifs is 2. The average molecular weight is 825 g/mol. The van der Waals surface area contributed by atoms with Crippen molar-refractivity contribution in [3.63, 3.8) is 0 Å². The van der Waals surface area contributed by atoms with Crippen molar-refractivity contribution in [1.82, 2.24) is 9.13 Å². The van der Waals surface area contributed by atoms with E-state index >= 15 is 0 Å². The minimum Gasteiger partial charge on any atom is -0.478 e. The summed E-state index contributed by atoms with van der Waals surface area (Å²) in [5.74, 6) is -1.42. The first kappa shape index (κ1) is 40.6. The van der Waals surface area contributed by atoms with Crippen LogP contribution >= 0.6 is 0 Å². The molecule has 2 aromatic heterocycles. The number of hydrogen-bond acceptors (Lipinski definition) is 7. The Bertz CT molecular complexity index is 3010. The molecule has 0 fully saturated rings. The summed E-state index contributed by atoms with van der Waals surface area (Å²) >= 11 is 0. The van der Waals surface area contributed by atoms with Crippen LogP contribution in [0.2, 0.25) is 0 Å². The van der Waals surface area contributed by atoms with E-state index in [1.165, 1.54) is 0 Å². The number of aliphatic hydroxyl groups excluding tert-OH is 1. The number of hydrogen-bond donors (Lipinski definition) is 2. The number of rotatable bonds is 13. The lowest BCUT2D eigenvalue weighted by Gasteiger charge is -2.10. The second kappa shape index (κ2) is 17.5. The van der Waals surface area contributed by atoms with Gasteiger partial charge in [0.05, 0.1) is 26.9 Å². The van der Waals surface area contributed by atoms with Gasteiger partial charge in [-0.3, -0.25) is 4.79 Å². The molecular formula is C47H40N2O8S2. The Kier molecular flexibility index (Phi) is 12.0. The molecule has 0 saturated carbocycles. The maximum Gasteiger partial charge on any atom is 0.335 e. The number of sulfone groups is 2. The van der Waals surface area contributed by atoms with E-state index < -0.39 is 32.3 Å². The fourth-order valence-electron chi connectivity index (χ4n) is 6.93. The van der Waals surface area contributed by atoms with Crippen molar-refractivity contribution in [2.45, 2.75) is 34.4 Å². The molecular weight excluding hydrogens is 785 g/mol. The summed E-state index contributed by atoms with van der Waals surface area (Å²) in [6.45, 7) is 0.537. The minimum atomic E-state index is -3.41. The van der Waals surface area contributed by atoms with Crippen molar-refractivity contribution < 1.29 is 36.6 Å². The number of carbonyl (C=O) groups excluding carboxylic acids is 1. The van der Waals surface area contributed by atoms with E-state index in [0.29, 0.717) is 34.0 Å². The molecule has 2 heterocycles. The van der Waals surface area contributed by atoms with Gasteiger partial charge < -0.3 is 19.3 Å². The highest BCUT2D eigenvalue weighted by Gasteiger charge is 2.17. The van der Waals surface area contributed by atoms with Crippen molar-refractivity contribution >= 4 is 53.2 Å². The third-order valence-electron chi connectivity index (χ3n) is 9.87. The second-order valence-corrected chi connectivity index (χ2v) is 18.1. The molecule has 0 atom stereocenters. The molecule has 0 radical (unpaired) electrons. The molecule has 8 aromatic rings. The van der Waals surface area contributed by atoms with Crippen LogP contribution in [-0.2, 0) is 44.3 Å². The number of aromatic nitrogens is 2. The summed E-state index contributed by atoms with van der Waals surface area (Å²) < 4.78 is 54.6. The Labute approximate surface area is 342 Å². The number of carbonyl (C=O) groups is 2. The topological polar surface area (TPSA) is 153 Å². The summed E-state index contributed by atoms with van der Waals surface area (Å²) in [4.78, 5) is 23.7. The lowest BCUT2D eigenvalue weighted by Crippen LogP contribution is -2.06. The zero-order valence-corrected chi connectivity index (χ0v) is 33.4. The molecule has 0 unspecified atom stereocenters. The monoisotopic (exact) mass is 824 g/mol. The minimum absolute atomic E-state index is 0.0631. The Morgan fingerprint density at radius 1 is 0.475 bits per heavy atom. The van der Waals surface area contributed by atoms with Crippen LogP contribution in [0.15, 0.2) is 180 Å². The number of aliphatic hydroxyl groups is 1. The predicted molar refractivity (Wildman–Crippen MR) is 228 cm³/mol. The molecule has 6 aromatic carbocycles. The lowest BCUT2D eigenvalue weighted by atomic mass is 10.1. The number of Topliss-reactive ketones (excluding diaryl/α,β-unsaturated/α-hetero) is 1. The number of ketones is 1. The van der Waals surface area contributed by atoms with E-state index in [9.17, 15) is 31.5 Å². The maximum absolute atomic E-state index is 12.7. The van der Waals surface area contributed by atoms with Gasteiger partial charge in [0, 0.05) is 42.1 Å². The normalized spacial score (nSPS) is 11.6. The average Bonchev–Trinajstić information content (AvgIpc) is 3.84. The summed E-state index contributed by atoms with van der Waals surface area (Å²) in [5.41, 5.74) is 5.77. The molecule has 12 heteroatoms. The first-order valence-electron chi connectivity index (χ1n) is 18.6. The summed E-state index contributed by atoms with van der Waals surface area (Å²) in [6, 6.07) is 46.1. The molecule has 59 heavy (non-hydrogen) atoms. The van der Waals surface area contributed by atoms with E-state index in [1.54, 1.807) is 97.1 Å². The number of carboxylic acid groups (broad SMARTS) is 1. The molecule has 2 N–H and O–H groups in total. The molecule has 0 aliphatic carbocycles. The van der Waals surface area contributed by atoms with Crippen LogP contribution < -0.4 is 0 Å². The quantitative estimate of drug-likeness (QED) is 0.110. The van der Waals surface area contributed by atoms with Crippen LogP contribution in [-0.4, -0.2) is 54.5 Å². The molecule has 8 rings (SSSR count). The Balaban J connectivity index is 0.000000179. The fourth-order valence-corrected chi connectivity index (χ4v) is 9.65. The first-order chi connectivity index (χ1) is 28.4. The SMILES string of the molecule is O=C(CO)c1ccc2ccn(Cc3cccc(CS(=O)(=O)c4ccccc4)c3)c2c1.O=C(O)c1ccc2ccn(Cc3cccc(CS(=O)(=O)c4ccccc4)c3)c2c1. The number of benzene rings is 6. The van der Waals surface area contributed by atoms with E-state index in [4.69, 9.17) is 5.11 Å². The smallest absolute Gasteiger partial charge is 0.335 e. The van der Waals surface area contributed by atoms with Gasteiger partial charge in [-0.2, -0.15) is 0 Å². The van der Waals surface area contributed by atoms with Gasteiger partial charge >= 0.3 is 5.97 Å². The highest BCUT2D eigenvalue weighted by molar-refractivity contribution is 7.91. The van der Waals surface area contributed by atoms with E-state index in [1.807, 2.05) is 82.2 Å². The van der Waals surface area contributed by atoms with E-state index in [0.717, 1.165) is 38.5 Å². The lowest BCUT2D eigenvalue weighted by molar-refractivity contribution is 0.0696. The standard InChI is InChI=1S/C24H21NO4S.C23H19NO4S/c26-16-24(27)21-10-9-20-11-12-25(23(20)14-21)15-18-5-4-6-19(13-18)17-30(28,29)22-7-2-1-3-8-22;25-23(26)20-10-9-19-11-12-24(22(19)14-20)15-17-5-4-6-18(13-17)16-29(27,28)21-7-2-1-3-8-21/h1-14,26H,15-17H2;1-14H,15-16H2,(H,25,26). The fraction of sp³-hybridized carbons (Fsp3) is 0.106. The van der Waals surface area contributed by atoms with E-state index in [-0.39, 0.29) is 22.9 Å². The highest BCUT2D eigenvalue weighted by atomic mass is 32.2. The van der Waals surface area contributed by atoms with Crippen molar-refractivity contribution in [2.24, 2.45) is 0 Å². The van der Waals surface area contributed by atoms with Crippen LogP contribution in [0.25, 0.3) is 21.8 Å². The molecule has 0 aliphatic rings. The summed E-state index contributed by atoms with van der Waals surface area (Å²) in [6.07, 6.45) is 3.84. The van der Waals surface area contributed by atoms with Crippen LogP contribution in [0.4, 0.5) is 0 Å². The van der Waals surface area contributed by atoms with Crippen molar-refractivity contribution in [1.29, 1.82) is 0 Å². The number of aromatic carboxylic acids is 1. The second-order valence-electron chi connectivity index (χ2n) is 14.1. The number of carboxylic acids is 1. The van der Waals surface area contributed by atoms with Gasteiger partial charge in [0.2, 0.25) is 0 Å². The molecule has 0 spiro atoms. The third-order valence-corrected chi connectivity index (χ3v) is 13.3. The molecule has 0 bridgehead atoms. The Morgan fingerprint density at radius 2 is 0.898 bits per heavy atom. The largest absolute Gasteiger partial charge is 0.478 e. The third kappa shape index (κ3) is 9.75. The highest BCUT2D eigenvalue weighted by Crippen LogP contribution is 2.23. The molecule has 0 amide bonds. The number of nitrogens with zero attached hydrogens (tertiary/aromatic N) is 2. The molecule has 0 saturated heterocycles. The molecule has 298 valence electrons.